The van der Waals surface area contributed by atoms with Crippen LogP contribution in [-0.4, -0.2) is 27.5 Å². The van der Waals surface area contributed by atoms with E-state index in [2.05, 4.69) is 24.3 Å². The first-order valence-electron chi connectivity index (χ1n) is 10.2. The Morgan fingerprint density at radius 2 is 2.07 bits per heavy atom. The number of anilines is 1. The Morgan fingerprint density at radius 3 is 2.66 bits per heavy atom. The number of Topliss-reactive ketones (excluding diaryl/α,β-unsaturated/α-hetero) is 1. The van der Waals surface area contributed by atoms with Gasteiger partial charge in [-0.1, -0.05) is 20.8 Å². The second-order valence-corrected chi connectivity index (χ2v) is 8.96. The van der Waals surface area contributed by atoms with E-state index < -0.39 is 11.7 Å². The smallest absolute Gasteiger partial charge is 0.253 e. The third-order valence-corrected chi connectivity index (χ3v) is 5.98. The molecule has 2 aromatic rings. The average Bonchev–Trinajstić information content (AvgIpc) is 2.94. The van der Waals surface area contributed by atoms with Gasteiger partial charge in [0, 0.05) is 18.5 Å². The SMILES string of the molecule is CCc1nn(-c2cc(F)c(C(N)=O)c(NC3CCC3)c2)c2c1C(=O)CC(C)(C)C2. The van der Waals surface area contributed by atoms with Crippen LogP contribution in [0.25, 0.3) is 5.69 Å². The van der Waals surface area contributed by atoms with Crippen molar-refractivity contribution < 1.29 is 14.0 Å². The molecule has 0 bridgehead atoms. The van der Waals surface area contributed by atoms with Crippen molar-refractivity contribution in [3.63, 3.8) is 0 Å². The van der Waals surface area contributed by atoms with Gasteiger partial charge in [0.05, 0.1) is 33.9 Å². The largest absolute Gasteiger partial charge is 0.382 e. The molecule has 1 aromatic heterocycles. The lowest BCUT2D eigenvalue weighted by atomic mass is 9.75. The Bertz CT molecular complexity index is 1000. The Balaban J connectivity index is 1.87. The summed E-state index contributed by atoms with van der Waals surface area (Å²) in [7, 11) is 0. The molecule has 3 N–H and O–H groups in total. The van der Waals surface area contributed by atoms with Crippen molar-refractivity contribution in [2.24, 2.45) is 11.1 Å². The van der Waals surface area contributed by atoms with E-state index in [4.69, 9.17) is 5.73 Å². The van der Waals surface area contributed by atoms with E-state index in [1.165, 1.54) is 6.07 Å². The maximum absolute atomic E-state index is 14.9. The number of halogens is 1. The number of benzene rings is 1. The van der Waals surface area contributed by atoms with Crippen LogP contribution in [0.1, 0.15) is 78.6 Å². The Morgan fingerprint density at radius 1 is 1.34 bits per heavy atom. The maximum Gasteiger partial charge on any atom is 0.253 e. The molecule has 0 saturated heterocycles. The van der Waals surface area contributed by atoms with Crippen molar-refractivity contribution in [1.29, 1.82) is 0 Å². The lowest BCUT2D eigenvalue weighted by Gasteiger charge is -2.30. The first-order chi connectivity index (χ1) is 13.7. The molecule has 0 radical (unpaired) electrons. The molecule has 1 heterocycles. The summed E-state index contributed by atoms with van der Waals surface area (Å²) in [6.45, 7) is 6.06. The van der Waals surface area contributed by atoms with Crippen LogP contribution in [0.4, 0.5) is 10.1 Å². The number of carbonyl (C=O) groups is 2. The molecule has 154 valence electrons. The van der Waals surface area contributed by atoms with Gasteiger partial charge in [-0.25, -0.2) is 9.07 Å². The van der Waals surface area contributed by atoms with Gasteiger partial charge in [-0.2, -0.15) is 5.10 Å². The summed E-state index contributed by atoms with van der Waals surface area (Å²) in [6, 6.07) is 3.21. The van der Waals surface area contributed by atoms with E-state index in [1.54, 1.807) is 10.7 Å². The van der Waals surface area contributed by atoms with E-state index in [0.29, 0.717) is 36.2 Å². The van der Waals surface area contributed by atoms with Gasteiger partial charge in [0.15, 0.2) is 5.78 Å². The third-order valence-electron chi connectivity index (χ3n) is 5.98. The van der Waals surface area contributed by atoms with Crippen LogP contribution in [0.5, 0.6) is 0 Å². The highest BCUT2D eigenvalue weighted by Gasteiger charge is 2.36. The topological polar surface area (TPSA) is 90.0 Å². The first kappa shape index (κ1) is 19.6. The maximum atomic E-state index is 14.9. The lowest BCUT2D eigenvalue weighted by Crippen LogP contribution is -2.29. The van der Waals surface area contributed by atoms with Gasteiger partial charge in [0.2, 0.25) is 0 Å². The van der Waals surface area contributed by atoms with Gasteiger partial charge in [-0.15, -0.1) is 0 Å². The zero-order valence-corrected chi connectivity index (χ0v) is 17.1. The number of fused-ring (bicyclic) bond motifs is 1. The predicted octanol–water partition coefficient (Wildman–Crippen LogP) is 3.79. The van der Waals surface area contributed by atoms with Crippen LogP contribution in [0.15, 0.2) is 12.1 Å². The number of ketones is 1. The normalized spacial score (nSPS) is 18.3. The van der Waals surface area contributed by atoms with Crippen LogP contribution in [-0.2, 0) is 12.8 Å². The number of carbonyl (C=O) groups excluding carboxylic acids is 2. The second-order valence-electron chi connectivity index (χ2n) is 8.96. The fourth-order valence-corrected chi connectivity index (χ4v) is 4.34. The Hall–Kier alpha value is -2.70. The lowest BCUT2D eigenvalue weighted by molar-refractivity contribution is 0.0909. The van der Waals surface area contributed by atoms with E-state index in [1.807, 2.05) is 6.92 Å². The highest BCUT2D eigenvalue weighted by molar-refractivity contribution is 6.00. The van der Waals surface area contributed by atoms with Crippen LogP contribution in [0.3, 0.4) is 0 Å². The molecule has 0 aliphatic heterocycles. The molecule has 4 rings (SSSR count). The zero-order chi connectivity index (χ0) is 20.9. The fraction of sp³-hybridized carbons (Fsp3) is 0.500. The molecular formula is C22H27FN4O2. The van der Waals surface area contributed by atoms with Crippen molar-refractivity contribution in [2.75, 3.05) is 5.32 Å². The van der Waals surface area contributed by atoms with Gasteiger partial charge in [-0.3, -0.25) is 9.59 Å². The van der Waals surface area contributed by atoms with E-state index >= 15 is 0 Å². The summed E-state index contributed by atoms with van der Waals surface area (Å²) in [4.78, 5) is 24.7. The van der Waals surface area contributed by atoms with Gasteiger partial charge >= 0.3 is 0 Å². The molecule has 2 aliphatic rings. The standard InChI is InChI=1S/C22H27FN4O2/c1-4-15-20-17(10-22(2,3)11-18(20)28)27(26-15)13-8-14(23)19(21(24)29)16(9-13)25-12-6-5-7-12/h8-9,12,25H,4-7,10-11H2,1-3H3,(H2,24,29). The molecule has 1 fully saturated rings. The summed E-state index contributed by atoms with van der Waals surface area (Å²) >= 11 is 0. The molecule has 0 unspecified atom stereocenters. The van der Waals surface area contributed by atoms with Crippen LogP contribution in [0.2, 0.25) is 0 Å². The number of aryl methyl sites for hydroxylation is 1. The minimum atomic E-state index is -0.802. The summed E-state index contributed by atoms with van der Waals surface area (Å²) in [5, 5.41) is 7.91. The van der Waals surface area contributed by atoms with Gasteiger partial charge in [0.25, 0.3) is 5.91 Å². The minimum absolute atomic E-state index is 0.0846. The van der Waals surface area contributed by atoms with E-state index in [-0.39, 0.29) is 22.8 Å². The molecule has 1 saturated carbocycles. The van der Waals surface area contributed by atoms with Crippen molar-refractivity contribution in [3.05, 3.63) is 40.5 Å². The summed E-state index contributed by atoms with van der Waals surface area (Å²) in [5.41, 5.74) is 8.22. The van der Waals surface area contributed by atoms with Gasteiger partial charge < -0.3 is 11.1 Å². The summed E-state index contributed by atoms with van der Waals surface area (Å²) in [6.07, 6.45) is 4.83. The molecule has 0 atom stereocenters. The van der Waals surface area contributed by atoms with Crippen LogP contribution < -0.4 is 11.1 Å². The number of rotatable bonds is 5. The highest BCUT2D eigenvalue weighted by Crippen LogP contribution is 2.38. The number of nitrogens with one attached hydrogen (secondary N) is 1. The molecule has 1 amide bonds. The van der Waals surface area contributed by atoms with Crippen molar-refractivity contribution in [2.45, 2.75) is 65.3 Å². The second kappa shape index (κ2) is 6.97. The number of primary amides is 1. The molecule has 1 aromatic carbocycles. The molecule has 0 spiro atoms. The number of hydrogen-bond donors (Lipinski definition) is 2. The molecular weight excluding hydrogens is 371 g/mol. The molecule has 6 nitrogen and oxygen atoms in total. The fourth-order valence-electron chi connectivity index (χ4n) is 4.34. The minimum Gasteiger partial charge on any atom is -0.382 e. The number of aromatic nitrogens is 2. The van der Waals surface area contributed by atoms with Crippen molar-refractivity contribution in [1.82, 2.24) is 9.78 Å². The number of nitrogens with two attached hydrogens (primary N) is 1. The van der Waals surface area contributed by atoms with Crippen molar-refractivity contribution in [3.8, 4) is 5.69 Å². The summed E-state index contributed by atoms with van der Waals surface area (Å²) < 4.78 is 16.6. The first-order valence-corrected chi connectivity index (χ1v) is 10.2. The Labute approximate surface area is 169 Å². The zero-order valence-electron chi connectivity index (χ0n) is 17.1. The number of nitrogens with zero attached hydrogens (tertiary/aromatic N) is 2. The number of amides is 1. The van der Waals surface area contributed by atoms with Gasteiger partial charge in [0.1, 0.15) is 5.82 Å². The summed E-state index contributed by atoms with van der Waals surface area (Å²) in [5.74, 6) is -1.40. The third kappa shape index (κ3) is 3.43. The highest BCUT2D eigenvalue weighted by atomic mass is 19.1. The molecule has 2 aliphatic carbocycles. The Kier molecular flexibility index (Phi) is 4.71. The van der Waals surface area contributed by atoms with E-state index in [9.17, 15) is 14.0 Å². The van der Waals surface area contributed by atoms with Gasteiger partial charge in [-0.05, 0) is 43.6 Å². The van der Waals surface area contributed by atoms with Crippen LogP contribution in [0, 0.1) is 11.2 Å². The van der Waals surface area contributed by atoms with E-state index in [0.717, 1.165) is 30.7 Å². The molecule has 7 heteroatoms. The predicted molar refractivity (Wildman–Crippen MR) is 109 cm³/mol. The quantitative estimate of drug-likeness (QED) is 0.802. The van der Waals surface area contributed by atoms with Crippen molar-refractivity contribution >= 4 is 17.4 Å². The van der Waals surface area contributed by atoms with Crippen LogP contribution >= 0.6 is 0 Å². The monoisotopic (exact) mass is 398 g/mol. The number of hydrogen-bond acceptors (Lipinski definition) is 4. The molecule has 29 heavy (non-hydrogen) atoms. The average molecular weight is 398 g/mol.